The molecule has 580 valence electrons. The number of amides is 12. The number of aliphatic carboxylic acids is 3. The number of aromatic nitrogens is 3. The molecule has 0 bridgehead atoms. The monoisotopic (exact) mass is 1490 g/mol. The molecule has 2 saturated heterocycles. The van der Waals surface area contributed by atoms with Gasteiger partial charge in [-0.1, -0.05) is 45.9 Å². The molecule has 2 aliphatic rings. The summed E-state index contributed by atoms with van der Waals surface area (Å²) in [6.07, 6.45) is 5.11. The Hall–Kier alpha value is -9.47. The Morgan fingerprint density at radius 3 is 1.70 bits per heavy atom. The molecule has 0 aliphatic carbocycles. The molecule has 0 radical (unpaired) electrons. The maximum Gasteiger partial charge on any atom is 0.317 e. The highest BCUT2D eigenvalue weighted by atomic mass is 32.2. The second kappa shape index (κ2) is 43.1. The molecule has 12 amide bonds. The number of nitrogens with one attached hydrogen (secondary N) is 9. The Morgan fingerprint density at radius 1 is 0.629 bits per heavy atom. The number of imide groups is 2. The molecule has 2 aromatic heterocycles. The van der Waals surface area contributed by atoms with Crippen LogP contribution in [0.1, 0.15) is 84.4 Å². The van der Waals surface area contributed by atoms with Crippen LogP contribution in [-0.4, -0.2) is 307 Å². The molecule has 4 heterocycles. The smallest absolute Gasteiger partial charge is 0.317 e. The van der Waals surface area contributed by atoms with Crippen LogP contribution in [0.2, 0.25) is 0 Å². The minimum atomic E-state index is -1.65. The molecule has 1 aromatic carbocycles. The first-order valence-corrected chi connectivity index (χ1v) is 36.2. The number of aromatic amines is 2. The van der Waals surface area contributed by atoms with Crippen LogP contribution in [0.5, 0.6) is 0 Å². The lowest BCUT2D eigenvalue weighted by Crippen LogP contribution is -2.61. The number of piperidine rings is 1. The molecule has 18 N–H and O–H groups in total. The number of nitrogens with zero attached hydrogens (tertiary/aromatic N) is 7. The van der Waals surface area contributed by atoms with E-state index in [1.807, 2.05) is 0 Å². The van der Waals surface area contributed by atoms with Gasteiger partial charge in [0.25, 0.3) is 5.91 Å². The summed E-state index contributed by atoms with van der Waals surface area (Å²) in [4.78, 5) is 223. The van der Waals surface area contributed by atoms with Crippen LogP contribution in [0.3, 0.4) is 0 Å². The summed E-state index contributed by atoms with van der Waals surface area (Å²) < 4.78 is 0. The van der Waals surface area contributed by atoms with Gasteiger partial charge in [-0.05, 0) is 87.6 Å². The van der Waals surface area contributed by atoms with E-state index in [1.54, 1.807) is 74.2 Å². The number of para-hydroxylation sites is 1. The number of imidazole rings is 1. The number of thioether (sulfide) groups is 1. The number of H-pyrrole nitrogens is 2. The van der Waals surface area contributed by atoms with Crippen LogP contribution in [0, 0.1) is 17.8 Å². The number of carboxylic acid groups (broad SMARTS) is 3. The van der Waals surface area contributed by atoms with Crippen LogP contribution in [0.15, 0.2) is 43.0 Å². The number of carbonyl (C=O) groups is 15. The van der Waals surface area contributed by atoms with Crippen molar-refractivity contribution in [2.75, 3.05) is 117 Å². The number of rotatable bonds is 39. The minimum Gasteiger partial charge on any atom is -0.480 e. The van der Waals surface area contributed by atoms with Gasteiger partial charge in [0.1, 0.15) is 42.3 Å². The van der Waals surface area contributed by atoms with Crippen molar-refractivity contribution < 1.29 is 87.2 Å². The van der Waals surface area contributed by atoms with Crippen LogP contribution in [0.25, 0.3) is 10.9 Å². The number of carbonyl (C=O) groups excluding carboxylic acids is 12. The van der Waals surface area contributed by atoms with Gasteiger partial charge in [0, 0.05) is 107 Å². The molecule has 0 unspecified atom stereocenters. The Balaban J connectivity index is 1.35. The van der Waals surface area contributed by atoms with E-state index in [9.17, 15) is 82.4 Å². The van der Waals surface area contributed by atoms with E-state index in [0.717, 1.165) is 4.90 Å². The van der Waals surface area contributed by atoms with Crippen molar-refractivity contribution in [1.82, 2.24) is 81.6 Å². The van der Waals surface area contributed by atoms with Gasteiger partial charge in [-0.2, -0.15) is 11.8 Å². The molecular weight excluding hydrogens is 1390 g/mol. The van der Waals surface area contributed by atoms with Gasteiger partial charge in [0.15, 0.2) is 0 Å². The zero-order valence-corrected chi connectivity index (χ0v) is 61.0. The zero-order chi connectivity index (χ0) is 77.6. The fraction of sp³-hybridized carbons (Fsp3) is 0.612. The Kier molecular flexibility index (Phi) is 35.4. The van der Waals surface area contributed by atoms with Gasteiger partial charge in [0.05, 0.1) is 45.6 Å². The molecule has 38 heteroatoms. The number of hydrogen-bond donors (Lipinski definition) is 15. The van der Waals surface area contributed by atoms with Gasteiger partial charge >= 0.3 is 17.9 Å². The normalized spacial score (nSPS) is 16.7. The molecule has 37 nitrogen and oxygen atoms in total. The van der Waals surface area contributed by atoms with Crippen LogP contribution >= 0.6 is 11.8 Å². The van der Waals surface area contributed by atoms with Crippen molar-refractivity contribution in [1.29, 1.82) is 0 Å². The summed E-state index contributed by atoms with van der Waals surface area (Å²) in [7, 11) is 0. The Labute approximate surface area is 612 Å². The molecule has 7 atom stereocenters. The number of nitrogens with two attached hydrogens (primary N) is 3. The van der Waals surface area contributed by atoms with Gasteiger partial charge < -0.3 is 79.7 Å². The van der Waals surface area contributed by atoms with E-state index in [-0.39, 0.29) is 89.7 Å². The lowest BCUT2D eigenvalue weighted by Gasteiger charge is -2.35. The average molecular weight is 1490 g/mol. The summed E-state index contributed by atoms with van der Waals surface area (Å²) in [5.74, 6) is -16.1. The Bertz CT molecular complexity index is 3470. The fourth-order valence-electron chi connectivity index (χ4n) is 12.3. The lowest BCUT2D eigenvalue weighted by molar-refractivity contribution is -0.155. The molecule has 2 aliphatic heterocycles. The first kappa shape index (κ1) is 86.2. The van der Waals surface area contributed by atoms with Crippen molar-refractivity contribution in [2.24, 2.45) is 35.0 Å². The van der Waals surface area contributed by atoms with E-state index in [1.165, 1.54) is 41.0 Å². The van der Waals surface area contributed by atoms with E-state index < -0.39 is 195 Å². The predicted octanol–water partition coefficient (Wildman–Crippen LogP) is -4.68. The summed E-state index contributed by atoms with van der Waals surface area (Å²) in [6.45, 7) is 5.74. The quantitative estimate of drug-likeness (QED) is 0.0255. The number of benzene rings is 1. The first-order valence-electron chi connectivity index (χ1n) is 34.9. The number of primary amides is 2. The summed E-state index contributed by atoms with van der Waals surface area (Å²) in [5.41, 5.74) is 18.8. The third-order valence-corrected chi connectivity index (χ3v) is 18.5. The van der Waals surface area contributed by atoms with Crippen LogP contribution in [-0.2, 0) is 84.8 Å². The maximum atomic E-state index is 15.2. The summed E-state index contributed by atoms with van der Waals surface area (Å²) >= 11 is 1.29. The summed E-state index contributed by atoms with van der Waals surface area (Å²) in [5, 5.41) is 48.6. The third kappa shape index (κ3) is 28.2. The average Bonchev–Trinajstić information content (AvgIpc) is 0.939. The standard InChI is InChI=1S/C67H103N19O18S/c1-39(2)27-49(67(104)85(50(60(70)97)15-26-105-6)55(90)34-81-18-20-82(35-56(91)92)22-24-84(37-58(95)96)25-23-83(21-19-81)36-57(93)94)79-63(100)48(29-44-32-72-38-75-44)77-53(88)33-74-65(102)59(40(3)4)80-61(98)41(5)76-62(99)47(28-43-31-73-46-10-8-7-9-45(43)46)78-64(101)51(11-12-52(69)87)86(54(89)30-68)66(103)42-13-16-71-17-14-42/h7-10,31-32,38-42,47-51,59,71,73H,11-30,33-37,68H2,1-6H3,(H2,69,87)(H2,70,97)(H,72,75)(H,74,102)(H,76,99)(H,77,88)(H,78,101)(H,79,100)(H,80,98)(H,91,92)(H,93,94)(H,95,96)/t41-,47-,48-,49-,50-,51-,59-/m0/s1. The van der Waals surface area contributed by atoms with E-state index in [2.05, 4.69) is 52.2 Å². The second-order valence-corrected chi connectivity index (χ2v) is 27.8. The van der Waals surface area contributed by atoms with Crippen LogP contribution < -0.4 is 54.4 Å². The highest BCUT2D eigenvalue weighted by Gasteiger charge is 2.42. The van der Waals surface area contributed by atoms with Crippen molar-refractivity contribution in [3.8, 4) is 0 Å². The molecule has 5 rings (SSSR count). The van der Waals surface area contributed by atoms with Gasteiger partial charge in [-0.25, -0.2) is 4.98 Å². The number of fused-ring (bicyclic) bond motifs is 1. The first-order chi connectivity index (χ1) is 49.8. The Morgan fingerprint density at radius 2 is 1.18 bits per heavy atom. The fourth-order valence-corrected chi connectivity index (χ4v) is 12.7. The molecule has 0 saturated carbocycles. The molecule has 105 heavy (non-hydrogen) atoms. The molecule has 3 aromatic rings. The highest BCUT2D eigenvalue weighted by molar-refractivity contribution is 7.98. The van der Waals surface area contributed by atoms with E-state index >= 15 is 4.79 Å². The molecule has 2 fully saturated rings. The van der Waals surface area contributed by atoms with Gasteiger partial charge in [-0.15, -0.1) is 0 Å². The van der Waals surface area contributed by atoms with E-state index in [0.29, 0.717) is 53.0 Å². The lowest BCUT2D eigenvalue weighted by atomic mass is 9.94. The largest absolute Gasteiger partial charge is 0.480 e. The minimum absolute atomic E-state index is 0.00707. The SMILES string of the molecule is CSCC[C@@H](C(N)=O)N(C(=O)CN1CCN(CC(=O)O)CCN(CC(=O)O)CCN(CC(=O)O)CC1)C(=O)[C@H](CC(C)C)NC(=O)[C@H](Cc1cnc[nH]1)NC(=O)CNC(=O)[C@@H](NC(=O)[C@H](C)NC(=O)[C@H](Cc1c[nH]c2ccccc12)NC(=O)[C@H](CCC(N)=O)N(C(=O)CN)C(=O)C1CCNCC1)C(C)C. The zero-order valence-electron chi connectivity index (χ0n) is 60.2. The van der Waals surface area contributed by atoms with Crippen molar-refractivity contribution in [3.05, 3.63) is 54.2 Å². The van der Waals surface area contributed by atoms with Gasteiger partial charge in [0.2, 0.25) is 65.0 Å². The number of hydrogen-bond acceptors (Lipinski definition) is 23. The second-order valence-electron chi connectivity index (χ2n) is 26.8. The van der Waals surface area contributed by atoms with Crippen LogP contribution in [0.4, 0.5) is 0 Å². The topological polar surface area (TPSA) is 543 Å². The van der Waals surface area contributed by atoms with Crippen molar-refractivity contribution in [3.63, 3.8) is 0 Å². The predicted molar refractivity (Wildman–Crippen MR) is 382 cm³/mol. The molecule has 0 spiro atoms. The third-order valence-electron chi connectivity index (χ3n) is 17.9. The van der Waals surface area contributed by atoms with Crippen molar-refractivity contribution in [2.45, 2.75) is 128 Å². The summed E-state index contributed by atoms with van der Waals surface area (Å²) in [6, 6.07) is -3.54. The highest BCUT2D eigenvalue weighted by Crippen LogP contribution is 2.23. The maximum absolute atomic E-state index is 15.2. The van der Waals surface area contributed by atoms with E-state index in [4.69, 9.17) is 17.2 Å². The van der Waals surface area contributed by atoms with Crippen molar-refractivity contribution >= 4 is 111 Å². The molecular formula is C67H103N19O18S. The number of carboxylic acids is 3. The van der Waals surface area contributed by atoms with Gasteiger partial charge in [-0.3, -0.25) is 101 Å².